The lowest BCUT2D eigenvalue weighted by molar-refractivity contribution is 0.0366. The number of hydrogen-bond donors (Lipinski definition) is 1. The Morgan fingerprint density at radius 3 is 1.20 bits per heavy atom. The third-order valence-electron chi connectivity index (χ3n) is 4.39. The predicted molar refractivity (Wildman–Crippen MR) is 91.2 cm³/mol. The maximum atomic E-state index is 10.3. The molecule has 0 aliphatic rings. The van der Waals surface area contributed by atoms with E-state index in [1.165, 1.54) is 83.5 Å². The Bertz CT molecular complexity index is 186. The van der Waals surface area contributed by atoms with Crippen LogP contribution in [-0.2, 0) is 0 Å². The molecule has 0 unspecified atom stereocenters. The van der Waals surface area contributed by atoms with Crippen LogP contribution in [0.1, 0.15) is 117 Å². The number of hydrogen-bond acceptors (Lipinski definition) is 1. The summed E-state index contributed by atoms with van der Waals surface area (Å²) in [5, 5.41) is 10.3. The minimum Gasteiger partial charge on any atom is -0.390 e. The van der Waals surface area contributed by atoms with Gasteiger partial charge in [-0.05, 0) is 19.8 Å². The molecule has 0 aromatic carbocycles. The van der Waals surface area contributed by atoms with Gasteiger partial charge in [-0.1, -0.05) is 97.3 Å². The van der Waals surface area contributed by atoms with E-state index in [9.17, 15) is 5.11 Å². The van der Waals surface area contributed by atoms with Crippen molar-refractivity contribution in [1.29, 1.82) is 0 Å². The van der Waals surface area contributed by atoms with E-state index in [0.29, 0.717) is 0 Å². The Labute approximate surface area is 128 Å². The van der Waals surface area contributed by atoms with Gasteiger partial charge in [0.25, 0.3) is 0 Å². The molecule has 20 heavy (non-hydrogen) atoms. The molecule has 1 heteroatoms. The minimum atomic E-state index is -0.408. The van der Waals surface area contributed by atoms with Gasteiger partial charge in [0.05, 0.1) is 5.60 Å². The lowest BCUT2D eigenvalue weighted by Gasteiger charge is -2.23. The minimum absolute atomic E-state index is 0.408. The molecule has 0 amide bonds. The molecule has 0 aromatic rings. The zero-order valence-electron chi connectivity index (χ0n) is 14.6. The van der Waals surface area contributed by atoms with Crippen molar-refractivity contribution in [3.8, 4) is 0 Å². The molecular weight excluding hydrogens is 244 g/mol. The average Bonchev–Trinajstić information content (AvgIpc) is 2.41. The summed E-state index contributed by atoms with van der Waals surface area (Å²) in [6.45, 7) is 6.55. The van der Waals surface area contributed by atoms with Crippen molar-refractivity contribution in [2.75, 3.05) is 0 Å². The van der Waals surface area contributed by atoms with Crippen LogP contribution in [0, 0.1) is 0 Å². The quantitative estimate of drug-likeness (QED) is 0.335. The Morgan fingerprint density at radius 2 is 0.850 bits per heavy atom. The van der Waals surface area contributed by atoms with Crippen LogP contribution in [0.15, 0.2) is 0 Å². The summed E-state index contributed by atoms with van der Waals surface area (Å²) in [5.74, 6) is 0. The summed E-state index contributed by atoms with van der Waals surface area (Å²) >= 11 is 0. The summed E-state index contributed by atoms with van der Waals surface area (Å²) in [5.41, 5.74) is -0.408. The van der Waals surface area contributed by atoms with Gasteiger partial charge in [-0.2, -0.15) is 0 Å². The number of unbranched alkanes of at least 4 members (excludes halogenated alkanes) is 11. The SMILES string of the molecule is CCCCCCCCCC[C@](C)(O)CCCCCCC. The van der Waals surface area contributed by atoms with Crippen molar-refractivity contribution < 1.29 is 5.11 Å². The second-order valence-electron chi connectivity index (χ2n) is 6.89. The molecule has 0 fully saturated rings. The molecular formula is C19H40O. The molecule has 0 spiro atoms. The van der Waals surface area contributed by atoms with Gasteiger partial charge in [0.15, 0.2) is 0 Å². The highest BCUT2D eigenvalue weighted by Crippen LogP contribution is 2.22. The lowest BCUT2D eigenvalue weighted by atomic mass is 9.91. The summed E-state index contributed by atoms with van der Waals surface area (Å²) in [7, 11) is 0. The van der Waals surface area contributed by atoms with Gasteiger partial charge < -0.3 is 5.11 Å². The Balaban J connectivity index is 3.33. The first-order valence-electron chi connectivity index (χ1n) is 9.34. The van der Waals surface area contributed by atoms with Gasteiger partial charge in [0, 0.05) is 0 Å². The molecule has 0 aliphatic carbocycles. The van der Waals surface area contributed by atoms with E-state index in [2.05, 4.69) is 13.8 Å². The molecule has 0 rings (SSSR count). The molecule has 0 aliphatic heterocycles. The van der Waals surface area contributed by atoms with Gasteiger partial charge in [0.1, 0.15) is 0 Å². The van der Waals surface area contributed by atoms with E-state index >= 15 is 0 Å². The van der Waals surface area contributed by atoms with Crippen molar-refractivity contribution >= 4 is 0 Å². The predicted octanol–water partition coefficient (Wildman–Crippen LogP) is 6.63. The van der Waals surface area contributed by atoms with Crippen molar-refractivity contribution in [1.82, 2.24) is 0 Å². The normalized spacial score (nSPS) is 14.4. The van der Waals surface area contributed by atoms with E-state index in [1.807, 2.05) is 6.92 Å². The summed E-state index contributed by atoms with van der Waals surface area (Å²) in [4.78, 5) is 0. The molecule has 122 valence electrons. The fraction of sp³-hybridized carbons (Fsp3) is 1.00. The molecule has 0 heterocycles. The number of aliphatic hydroxyl groups is 1. The molecule has 1 N–H and O–H groups in total. The van der Waals surface area contributed by atoms with Crippen LogP contribution < -0.4 is 0 Å². The zero-order chi connectivity index (χ0) is 15.1. The van der Waals surface area contributed by atoms with Gasteiger partial charge in [-0.25, -0.2) is 0 Å². The molecule has 0 bridgehead atoms. The monoisotopic (exact) mass is 284 g/mol. The van der Waals surface area contributed by atoms with Crippen molar-refractivity contribution in [3.63, 3.8) is 0 Å². The van der Waals surface area contributed by atoms with Crippen LogP contribution in [0.4, 0.5) is 0 Å². The summed E-state index contributed by atoms with van der Waals surface area (Å²) in [6.07, 6.45) is 19.3. The van der Waals surface area contributed by atoms with E-state index in [0.717, 1.165) is 12.8 Å². The van der Waals surface area contributed by atoms with Crippen LogP contribution in [-0.4, -0.2) is 10.7 Å². The highest BCUT2D eigenvalue weighted by molar-refractivity contribution is 4.72. The van der Waals surface area contributed by atoms with Crippen LogP contribution in [0.25, 0.3) is 0 Å². The van der Waals surface area contributed by atoms with E-state index in [-0.39, 0.29) is 0 Å². The van der Waals surface area contributed by atoms with Crippen LogP contribution in [0.3, 0.4) is 0 Å². The standard InChI is InChI=1S/C19H40O/c1-4-6-8-10-11-12-14-16-18-19(3,20)17-15-13-9-7-5-2/h20H,4-18H2,1-3H3/t19-/m1/s1. The molecule has 0 aromatic heterocycles. The molecule has 1 atom stereocenters. The fourth-order valence-electron chi connectivity index (χ4n) is 2.87. The highest BCUT2D eigenvalue weighted by atomic mass is 16.3. The van der Waals surface area contributed by atoms with E-state index < -0.39 is 5.60 Å². The molecule has 0 saturated carbocycles. The first-order valence-corrected chi connectivity index (χ1v) is 9.34. The maximum absolute atomic E-state index is 10.3. The smallest absolute Gasteiger partial charge is 0.0619 e. The van der Waals surface area contributed by atoms with Gasteiger partial charge in [-0.15, -0.1) is 0 Å². The summed E-state index contributed by atoms with van der Waals surface area (Å²) < 4.78 is 0. The topological polar surface area (TPSA) is 20.2 Å². The third-order valence-corrected chi connectivity index (χ3v) is 4.39. The van der Waals surface area contributed by atoms with Crippen molar-refractivity contribution in [3.05, 3.63) is 0 Å². The molecule has 0 saturated heterocycles. The van der Waals surface area contributed by atoms with Crippen LogP contribution in [0.2, 0.25) is 0 Å². The van der Waals surface area contributed by atoms with Gasteiger partial charge in [0.2, 0.25) is 0 Å². The fourth-order valence-corrected chi connectivity index (χ4v) is 2.87. The largest absolute Gasteiger partial charge is 0.390 e. The Kier molecular flexibility index (Phi) is 13.9. The summed E-state index contributed by atoms with van der Waals surface area (Å²) in [6, 6.07) is 0. The second kappa shape index (κ2) is 13.9. The van der Waals surface area contributed by atoms with Crippen molar-refractivity contribution in [2.45, 2.75) is 123 Å². The van der Waals surface area contributed by atoms with Crippen LogP contribution in [0.5, 0.6) is 0 Å². The first kappa shape index (κ1) is 20.0. The van der Waals surface area contributed by atoms with E-state index in [4.69, 9.17) is 0 Å². The average molecular weight is 285 g/mol. The van der Waals surface area contributed by atoms with Crippen molar-refractivity contribution in [2.24, 2.45) is 0 Å². The number of rotatable bonds is 15. The first-order chi connectivity index (χ1) is 9.62. The maximum Gasteiger partial charge on any atom is 0.0619 e. The van der Waals surface area contributed by atoms with Gasteiger partial charge >= 0.3 is 0 Å². The second-order valence-corrected chi connectivity index (χ2v) is 6.89. The Morgan fingerprint density at radius 1 is 0.550 bits per heavy atom. The van der Waals surface area contributed by atoms with Crippen LogP contribution >= 0.6 is 0 Å². The zero-order valence-corrected chi connectivity index (χ0v) is 14.6. The molecule has 0 radical (unpaired) electrons. The third kappa shape index (κ3) is 14.4. The van der Waals surface area contributed by atoms with Gasteiger partial charge in [-0.3, -0.25) is 0 Å². The lowest BCUT2D eigenvalue weighted by Crippen LogP contribution is -2.23. The van der Waals surface area contributed by atoms with E-state index in [1.54, 1.807) is 0 Å². The Hall–Kier alpha value is -0.0400. The molecule has 1 nitrogen and oxygen atoms in total. The highest BCUT2D eigenvalue weighted by Gasteiger charge is 2.18.